The Hall–Kier alpha value is -2.71. The monoisotopic (exact) mass is 343 g/mol. The summed E-state index contributed by atoms with van der Waals surface area (Å²) >= 11 is 0. The molecule has 0 fully saturated rings. The van der Waals surface area contributed by atoms with Gasteiger partial charge in [0, 0.05) is 11.8 Å². The zero-order valence-electron chi connectivity index (χ0n) is 12.7. The topological polar surface area (TPSA) is 64.1 Å². The van der Waals surface area contributed by atoms with E-state index in [0.717, 1.165) is 18.3 Å². The SMILES string of the molecule is CC(C)OC(=O)Nc1ccc(-c2cncc(F)c2)nc1C(F)(F)F. The number of carbonyl (C=O) groups is 1. The standard InChI is InChI=1S/C15H13F4N3O2/c1-8(2)24-14(23)22-12-4-3-11(21-13(12)15(17,18)19)9-5-10(16)7-20-6-9/h3-8H,1-2H3,(H,22,23). The molecular formula is C15H13F4N3O2. The molecule has 0 saturated carbocycles. The summed E-state index contributed by atoms with van der Waals surface area (Å²) in [5.41, 5.74) is -1.92. The molecule has 0 saturated heterocycles. The predicted octanol–water partition coefficient (Wildman–Crippen LogP) is 4.26. The zero-order valence-corrected chi connectivity index (χ0v) is 12.7. The molecule has 1 N–H and O–H groups in total. The summed E-state index contributed by atoms with van der Waals surface area (Å²) in [5.74, 6) is -0.703. The first kappa shape index (κ1) is 17.6. The third-order valence-corrected chi connectivity index (χ3v) is 2.74. The van der Waals surface area contributed by atoms with Gasteiger partial charge in [-0.05, 0) is 32.0 Å². The Balaban J connectivity index is 2.41. The van der Waals surface area contributed by atoms with Crippen LogP contribution in [-0.2, 0) is 10.9 Å². The summed E-state index contributed by atoms with van der Waals surface area (Å²) in [6, 6.07) is 3.25. The van der Waals surface area contributed by atoms with Crippen LogP contribution in [0.1, 0.15) is 19.5 Å². The molecule has 2 aromatic rings. The Morgan fingerprint density at radius 1 is 1.25 bits per heavy atom. The van der Waals surface area contributed by atoms with Gasteiger partial charge in [-0.15, -0.1) is 0 Å². The molecule has 5 nitrogen and oxygen atoms in total. The van der Waals surface area contributed by atoms with Crippen LogP contribution in [0, 0.1) is 5.82 Å². The second-order valence-corrected chi connectivity index (χ2v) is 5.06. The second kappa shape index (κ2) is 6.81. The van der Waals surface area contributed by atoms with E-state index < -0.39 is 35.6 Å². The number of hydrogen-bond donors (Lipinski definition) is 1. The highest BCUT2D eigenvalue weighted by atomic mass is 19.4. The van der Waals surface area contributed by atoms with Gasteiger partial charge in [-0.1, -0.05) is 0 Å². The largest absolute Gasteiger partial charge is 0.447 e. The zero-order chi connectivity index (χ0) is 17.9. The minimum atomic E-state index is -4.82. The van der Waals surface area contributed by atoms with E-state index in [1.807, 2.05) is 5.32 Å². The van der Waals surface area contributed by atoms with E-state index in [0.29, 0.717) is 0 Å². The average Bonchev–Trinajstić information content (AvgIpc) is 2.45. The van der Waals surface area contributed by atoms with Crippen molar-refractivity contribution >= 4 is 11.8 Å². The first-order valence-electron chi connectivity index (χ1n) is 6.83. The molecule has 0 radical (unpaired) electrons. The number of nitrogens with one attached hydrogen (secondary N) is 1. The number of rotatable bonds is 3. The average molecular weight is 343 g/mol. The number of pyridine rings is 2. The van der Waals surface area contributed by atoms with Gasteiger partial charge >= 0.3 is 12.3 Å². The highest BCUT2D eigenvalue weighted by molar-refractivity contribution is 5.86. The lowest BCUT2D eigenvalue weighted by atomic mass is 10.1. The summed E-state index contributed by atoms with van der Waals surface area (Å²) in [6.07, 6.45) is -4.24. The molecule has 0 unspecified atom stereocenters. The summed E-state index contributed by atoms with van der Waals surface area (Å²) in [4.78, 5) is 18.6. The van der Waals surface area contributed by atoms with Crippen molar-refractivity contribution in [3.63, 3.8) is 0 Å². The van der Waals surface area contributed by atoms with Crippen LogP contribution in [0.3, 0.4) is 0 Å². The number of alkyl halides is 3. The number of anilines is 1. The summed E-state index contributed by atoms with van der Waals surface area (Å²) < 4.78 is 57.5. The third-order valence-electron chi connectivity index (χ3n) is 2.74. The van der Waals surface area contributed by atoms with Crippen molar-refractivity contribution in [3.8, 4) is 11.3 Å². The van der Waals surface area contributed by atoms with Crippen molar-refractivity contribution < 1.29 is 27.1 Å². The second-order valence-electron chi connectivity index (χ2n) is 5.06. The molecule has 2 aromatic heterocycles. The Labute approximate surface area is 134 Å². The van der Waals surface area contributed by atoms with E-state index in [2.05, 4.69) is 9.97 Å². The van der Waals surface area contributed by atoms with Crippen molar-refractivity contribution in [2.45, 2.75) is 26.1 Å². The van der Waals surface area contributed by atoms with Crippen LogP contribution in [0.2, 0.25) is 0 Å². The highest BCUT2D eigenvalue weighted by Gasteiger charge is 2.36. The van der Waals surface area contributed by atoms with Crippen LogP contribution in [0.4, 0.5) is 28.0 Å². The molecule has 0 atom stereocenters. The van der Waals surface area contributed by atoms with Gasteiger partial charge < -0.3 is 4.74 Å². The quantitative estimate of drug-likeness (QED) is 0.846. The molecule has 2 heterocycles. The Bertz CT molecular complexity index is 748. The Morgan fingerprint density at radius 2 is 1.96 bits per heavy atom. The van der Waals surface area contributed by atoms with Gasteiger partial charge in [0.15, 0.2) is 5.69 Å². The van der Waals surface area contributed by atoms with Crippen LogP contribution in [0.25, 0.3) is 11.3 Å². The van der Waals surface area contributed by atoms with Gasteiger partial charge in [-0.3, -0.25) is 10.3 Å². The first-order chi connectivity index (χ1) is 11.2. The minimum Gasteiger partial charge on any atom is -0.447 e. The third kappa shape index (κ3) is 4.40. The molecule has 0 spiro atoms. The molecule has 24 heavy (non-hydrogen) atoms. The lowest BCUT2D eigenvalue weighted by Crippen LogP contribution is -2.21. The van der Waals surface area contributed by atoms with E-state index in [4.69, 9.17) is 4.74 Å². The number of carbonyl (C=O) groups excluding carboxylic acids is 1. The maximum Gasteiger partial charge on any atom is 0.435 e. The molecule has 0 aromatic carbocycles. The van der Waals surface area contributed by atoms with Crippen molar-refractivity contribution in [3.05, 3.63) is 42.1 Å². The van der Waals surface area contributed by atoms with Crippen LogP contribution in [-0.4, -0.2) is 22.2 Å². The maximum atomic E-state index is 13.2. The Kier molecular flexibility index (Phi) is 5.01. The summed E-state index contributed by atoms with van der Waals surface area (Å²) in [6.45, 7) is 3.12. The van der Waals surface area contributed by atoms with E-state index in [-0.39, 0.29) is 11.3 Å². The number of amides is 1. The van der Waals surface area contributed by atoms with Gasteiger partial charge in [0.25, 0.3) is 0 Å². The van der Waals surface area contributed by atoms with Gasteiger partial charge in [0.2, 0.25) is 0 Å². The molecular weight excluding hydrogens is 330 g/mol. The van der Waals surface area contributed by atoms with Crippen molar-refractivity contribution in [2.75, 3.05) is 5.32 Å². The van der Waals surface area contributed by atoms with Gasteiger partial charge in [-0.2, -0.15) is 13.2 Å². The lowest BCUT2D eigenvalue weighted by Gasteiger charge is -2.15. The first-order valence-corrected chi connectivity index (χ1v) is 6.83. The Morgan fingerprint density at radius 3 is 2.54 bits per heavy atom. The number of aromatic nitrogens is 2. The van der Waals surface area contributed by atoms with Crippen LogP contribution in [0.5, 0.6) is 0 Å². The molecule has 2 rings (SSSR count). The van der Waals surface area contributed by atoms with E-state index in [1.54, 1.807) is 13.8 Å². The van der Waals surface area contributed by atoms with E-state index in [1.165, 1.54) is 12.3 Å². The highest BCUT2D eigenvalue weighted by Crippen LogP contribution is 2.35. The van der Waals surface area contributed by atoms with Gasteiger partial charge in [0.05, 0.1) is 23.7 Å². The van der Waals surface area contributed by atoms with Crippen molar-refractivity contribution in [1.29, 1.82) is 0 Å². The van der Waals surface area contributed by atoms with Gasteiger partial charge in [-0.25, -0.2) is 14.2 Å². The van der Waals surface area contributed by atoms with Crippen LogP contribution < -0.4 is 5.32 Å². The summed E-state index contributed by atoms with van der Waals surface area (Å²) in [5, 5.41) is 2.01. The fourth-order valence-electron chi connectivity index (χ4n) is 1.84. The van der Waals surface area contributed by atoms with E-state index in [9.17, 15) is 22.4 Å². The molecule has 0 aliphatic carbocycles. The number of halogens is 4. The molecule has 0 aliphatic rings. The van der Waals surface area contributed by atoms with Crippen LogP contribution in [0.15, 0.2) is 30.6 Å². The molecule has 0 aliphatic heterocycles. The van der Waals surface area contributed by atoms with Crippen molar-refractivity contribution in [2.24, 2.45) is 0 Å². The fraction of sp³-hybridized carbons (Fsp3) is 0.267. The molecule has 1 amide bonds. The summed E-state index contributed by atoms with van der Waals surface area (Å²) in [7, 11) is 0. The smallest absolute Gasteiger partial charge is 0.435 e. The van der Waals surface area contributed by atoms with Gasteiger partial charge in [0.1, 0.15) is 5.82 Å². The minimum absolute atomic E-state index is 0.0804. The number of nitrogens with zero attached hydrogens (tertiary/aromatic N) is 2. The lowest BCUT2D eigenvalue weighted by molar-refractivity contribution is -0.140. The fourth-order valence-corrected chi connectivity index (χ4v) is 1.84. The number of hydrogen-bond acceptors (Lipinski definition) is 4. The van der Waals surface area contributed by atoms with E-state index >= 15 is 0 Å². The molecule has 9 heteroatoms. The maximum absolute atomic E-state index is 13.2. The predicted molar refractivity (Wildman–Crippen MR) is 77.7 cm³/mol. The number of ether oxygens (including phenoxy) is 1. The molecule has 0 bridgehead atoms. The van der Waals surface area contributed by atoms with Crippen molar-refractivity contribution in [1.82, 2.24) is 9.97 Å². The normalized spacial score (nSPS) is 11.5. The molecule has 128 valence electrons. The van der Waals surface area contributed by atoms with Crippen LogP contribution >= 0.6 is 0 Å².